The number of aromatic hydroxyl groups is 1. The van der Waals surface area contributed by atoms with Crippen molar-refractivity contribution in [2.24, 2.45) is 0 Å². The van der Waals surface area contributed by atoms with Gasteiger partial charge in [0.1, 0.15) is 35.6 Å². The molecule has 4 aliphatic rings. The quantitative estimate of drug-likeness (QED) is 0.290. The Hall–Kier alpha value is -3.54. The fourth-order valence-electron chi connectivity index (χ4n) is 7.22. The Balaban J connectivity index is 0.00000325. The highest BCUT2D eigenvalue weighted by atomic mass is 35.5. The Morgan fingerprint density at radius 1 is 1.18 bits per heavy atom. The Kier molecular flexibility index (Phi) is 7.82. The van der Waals surface area contributed by atoms with Crippen LogP contribution in [-0.4, -0.2) is 94.8 Å². The van der Waals surface area contributed by atoms with Crippen LogP contribution >= 0.6 is 23.7 Å². The number of hydrogen-bond acceptors (Lipinski definition) is 11. The number of piperazine rings is 1. The van der Waals surface area contributed by atoms with E-state index in [2.05, 4.69) is 21.0 Å². The maximum atomic E-state index is 14.6. The number of thiazole rings is 1. The lowest BCUT2D eigenvalue weighted by Crippen LogP contribution is -2.63. The molecule has 6 heterocycles. The zero-order valence-corrected chi connectivity index (χ0v) is 25.8. The molecule has 4 fully saturated rings. The number of fused-ring (bicyclic) bond motifs is 5. The number of ether oxygens (including phenoxy) is 3. The highest BCUT2D eigenvalue weighted by Gasteiger charge is 2.49. The zero-order valence-electron chi connectivity index (χ0n) is 24.2. The molecule has 45 heavy (non-hydrogen) atoms. The number of aromatic nitrogens is 3. The van der Waals surface area contributed by atoms with Crippen LogP contribution in [0.3, 0.4) is 0 Å². The molecule has 0 spiro atoms. The minimum absolute atomic E-state index is 0. The van der Waals surface area contributed by atoms with Crippen molar-refractivity contribution in [1.29, 1.82) is 0 Å². The van der Waals surface area contributed by atoms with Crippen LogP contribution in [0.15, 0.2) is 24.3 Å². The number of nitrogens with one attached hydrogen (secondary N) is 1. The molecule has 2 unspecified atom stereocenters. The molecule has 2 bridgehead atoms. The summed E-state index contributed by atoms with van der Waals surface area (Å²) < 4.78 is 47.2. The Morgan fingerprint density at radius 2 is 2.00 bits per heavy atom. The number of phenols is 1. The average Bonchev–Trinajstić information content (AvgIpc) is 3.67. The first kappa shape index (κ1) is 30.1. The molecule has 10 nitrogen and oxygen atoms in total. The highest BCUT2D eigenvalue weighted by Crippen LogP contribution is 2.42. The van der Waals surface area contributed by atoms with Gasteiger partial charge in [-0.1, -0.05) is 23.3 Å². The van der Waals surface area contributed by atoms with E-state index < -0.39 is 12.0 Å². The molecule has 8 rings (SSSR count). The number of anilines is 1. The third-order valence-corrected chi connectivity index (χ3v) is 9.91. The van der Waals surface area contributed by atoms with Crippen molar-refractivity contribution in [3.63, 3.8) is 0 Å². The lowest BCUT2D eigenvalue weighted by atomic mass is 9.95. The van der Waals surface area contributed by atoms with Crippen molar-refractivity contribution < 1.29 is 28.1 Å². The van der Waals surface area contributed by atoms with Gasteiger partial charge in [-0.05, 0) is 36.9 Å². The fraction of sp³-hybridized carbons (Fsp3) is 0.452. The standard InChI is InChI=1S/C31H30F2N6O4S.ClH/c1-2-22-23(33)5-4-17-8-21(40)9-24(25(17)22)43-30-35-26-27(38-12-19-14-41-15-20(13-38)34-19)36-29(37-28(26)44-30)42-16-31-6-3-7-39(31)11-18(32)10-31;/h1,4-5,8-9,18-20,34,40H,3,6-7,10-16H2;1H/t18-,19?,20?,31+;/m1./s1. The average molecular weight is 657 g/mol. The van der Waals surface area contributed by atoms with Gasteiger partial charge in [0.05, 0.1) is 24.3 Å². The molecule has 2 N–H and O–H groups in total. The van der Waals surface area contributed by atoms with Crippen LogP contribution < -0.4 is 19.7 Å². The number of rotatable bonds is 6. The van der Waals surface area contributed by atoms with Crippen LogP contribution in [0.4, 0.5) is 14.6 Å². The molecule has 4 atom stereocenters. The maximum Gasteiger partial charge on any atom is 0.319 e. The first-order valence-corrected chi connectivity index (χ1v) is 15.6. The summed E-state index contributed by atoms with van der Waals surface area (Å²) in [5, 5.41) is 15.1. The van der Waals surface area contributed by atoms with Gasteiger partial charge in [-0.25, -0.2) is 8.78 Å². The number of phenolic OH excluding ortho intramolecular Hbond substituents is 1. The van der Waals surface area contributed by atoms with Crippen molar-refractivity contribution in [1.82, 2.24) is 25.2 Å². The van der Waals surface area contributed by atoms with Crippen LogP contribution in [0.2, 0.25) is 0 Å². The minimum Gasteiger partial charge on any atom is -0.508 e. The van der Waals surface area contributed by atoms with E-state index in [1.165, 1.54) is 35.6 Å². The van der Waals surface area contributed by atoms with Gasteiger partial charge in [0, 0.05) is 49.6 Å². The van der Waals surface area contributed by atoms with E-state index in [9.17, 15) is 13.9 Å². The topological polar surface area (TPSA) is 105 Å². The highest BCUT2D eigenvalue weighted by molar-refractivity contribution is 7.19. The SMILES string of the molecule is C#Cc1c(F)ccc2cc(O)cc(Oc3nc4c(N5CC6COCC(C5)N6)nc(OC[C@@]56CCCN5C[C@H](F)C6)nc4s3)c12.Cl. The van der Waals surface area contributed by atoms with E-state index in [-0.39, 0.29) is 58.3 Å². The van der Waals surface area contributed by atoms with Gasteiger partial charge in [0.2, 0.25) is 0 Å². The summed E-state index contributed by atoms with van der Waals surface area (Å²) in [5.74, 6) is 2.57. The van der Waals surface area contributed by atoms with Crippen molar-refractivity contribution >= 4 is 50.7 Å². The predicted octanol–water partition coefficient (Wildman–Crippen LogP) is 4.41. The van der Waals surface area contributed by atoms with Gasteiger partial charge in [-0.2, -0.15) is 15.0 Å². The molecule has 0 saturated carbocycles. The van der Waals surface area contributed by atoms with Crippen LogP contribution in [0.25, 0.3) is 21.1 Å². The van der Waals surface area contributed by atoms with E-state index >= 15 is 0 Å². The number of morpholine rings is 1. The summed E-state index contributed by atoms with van der Waals surface area (Å²) in [4.78, 5) is 19.2. The van der Waals surface area contributed by atoms with E-state index in [1.54, 1.807) is 0 Å². The molecule has 2 aromatic heterocycles. The summed E-state index contributed by atoms with van der Waals surface area (Å²) >= 11 is 1.19. The number of terminal acetylenes is 1. The number of hydrogen-bond donors (Lipinski definition) is 2. The fourth-order valence-corrected chi connectivity index (χ4v) is 8.01. The lowest BCUT2D eigenvalue weighted by Gasteiger charge is -2.42. The molecule has 236 valence electrons. The van der Waals surface area contributed by atoms with E-state index in [1.807, 2.05) is 0 Å². The molecule has 0 radical (unpaired) electrons. The minimum atomic E-state index is -0.862. The molecule has 4 aromatic rings. The van der Waals surface area contributed by atoms with Gasteiger partial charge < -0.3 is 29.5 Å². The molecular weight excluding hydrogens is 626 g/mol. The third-order valence-electron chi connectivity index (χ3n) is 9.08. The van der Waals surface area contributed by atoms with Crippen LogP contribution in [0, 0.1) is 18.2 Å². The summed E-state index contributed by atoms with van der Waals surface area (Å²) in [6.07, 6.45) is 7.12. The first-order valence-electron chi connectivity index (χ1n) is 14.8. The monoisotopic (exact) mass is 656 g/mol. The molecule has 4 aliphatic heterocycles. The summed E-state index contributed by atoms with van der Waals surface area (Å²) in [7, 11) is 0. The summed E-state index contributed by atoms with van der Waals surface area (Å²) in [6.45, 7) is 4.10. The Morgan fingerprint density at radius 3 is 2.80 bits per heavy atom. The molecule has 14 heteroatoms. The number of halogens is 3. The van der Waals surface area contributed by atoms with Crippen molar-refractivity contribution in [3.05, 3.63) is 35.6 Å². The van der Waals surface area contributed by atoms with Gasteiger partial charge in [0.15, 0.2) is 10.6 Å². The van der Waals surface area contributed by atoms with Crippen LogP contribution in [-0.2, 0) is 4.74 Å². The number of benzene rings is 2. The smallest absolute Gasteiger partial charge is 0.319 e. The first-order chi connectivity index (χ1) is 21.4. The molecule has 0 aliphatic carbocycles. The van der Waals surface area contributed by atoms with Gasteiger partial charge in [0.25, 0.3) is 5.19 Å². The van der Waals surface area contributed by atoms with Gasteiger partial charge in [-0.3, -0.25) is 4.90 Å². The summed E-state index contributed by atoms with van der Waals surface area (Å²) in [6, 6.07) is 6.15. The van der Waals surface area contributed by atoms with Crippen molar-refractivity contribution in [2.75, 3.05) is 50.9 Å². The van der Waals surface area contributed by atoms with Gasteiger partial charge >= 0.3 is 6.01 Å². The van der Waals surface area contributed by atoms with E-state index in [4.69, 9.17) is 35.6 Å². The summed E-state index contributed by atoms with van der Waals surface area (Å²) in [5.41, 5.74) is 0.229. The number of nitrogens with zero attached hydrogens (tertiary/aromatic N) is 5. The second-order valence-electron chi connectivity index (χ2n) is 12.0. The lowest BCUT2D eigenvalue weighted by molar-refractivity contribution is 0.0374. The Bertz CT molecular complexity index is 1810. The van der Waals surface area contributed by atoms with Crippen molar-refractivity contribution in [2.45, 2.75) is 43.1 Å². The molecule has 4 saturated heterocycles. The van der Waals surface area contributed by atoms with Crippen LogP contribution in [0.5, 0.6) is 22.7 Å². The van der Waals surface area contributed by atoms with E-state index in [0.717, 1.165) is 19.4 Å². The second kappa shape index (κ2) is 11.7. The largest absolute Gasteiger partial charge is 0.508 e. The number of alkyl halides is 1. The molecular formula is C31H31ClF2N6O4S. The molecule has 2 aromatic carbocycles. The van der Waals surface area contributed by atoms with Crippen LogP contribution in [0.1, 0.15) is 24.8 Å². The third kappa shape index (κ3) is 5.38. The van der Waals surface area contributed by atoms with Crippen molar-refractivity contribution in [3.8, 4) is 35.0 Å². The maximum absolute atomic E-state index is 14.6. The Labute approximate surface area is 268 Å². The predicted molar refractivity (Wildman–Crippen MR) is 168 cm³/mol. The van der Waals surface area contributed by atoms with Gasteiger partial charge in [-0.15, -0.1) is 18.8 Å². The van der Waals surface area contributed by atoms with E-state index in [0.29, 0.717) is 72.8 Å². The normalized spacial score (nSPS) is 26.1. The zero-order chi connectivity index (χ0) is 30.0. The second-order valence-corrected chi connectivity index (χ2v) is 13.0. The molecule has 0 amide bonds.